The van der Waals surface area contributed by atoms with Gasteiger partial charge in [0.1, 0.15) is 6.10 Å². The van der Waals surface area contributed by atoms with Crippen LogP contribution in [0.4, 0.5) is 0 Å². The molecule has 0 aromatic carbocycles. The van der Waals surface area contributed by atoms with Crippen LogP contribution >= 0.6 is 23.5 Å². The van der Waals surface area contributed by atoms with Crippen LogP contribution in [0, 0.1) is 0 Å². The van der Waals surface area contributed by atoms with Gasteiger partial charge in [0, 0.05) is 20.4 Å². The van der Waals surface area contributed by atoms with Crippen LogP contribution in [-0.2, 0) is 9.59 Å². The zero-order valence-electron chi connectivity index (χ0n) is 14.0. The first kappa shape index (κ1) is 22.5. The number of hydrogen-bond acceptors (Lipinski definition) is 7. The normalized spacial score (nSPS) is 16.5. The number of carbonyl (C=O) groups excluding carboxylic acids is 2. The van der Waals surface area contributed by atoms with Gasteiger partial charge in [-0.2, -0.15) is 0 Å². The third-order valence-electron chi connectivity index (χ3n) is 3.00. The van der Waals surface area contributed by atoms with Gasteiger partial charge in [0.15, 0.2) is 0 Å². The maximum absolute atomic E-state index is 11.4. The first-order valence-corrected chi connectivity index (χ1v) is 9.63. The maximum Gasteiger partial charge on any atom is 0.217 e. The standard InChI is InChI=1S/C14H28N2O5S2/c1-5-22-14(23-6-2)13(21)11(16-9(4)18)12(20)10(19)7-15-8(3)17/h10-14,19-21H,5-7H2,1-4H3,(H,15,17)(H,16,18). The molecule has 5 N–H and O–H groups in total. The summed E-state index contributed by atoms with van der Waals surface area (Å²) in [6, 6.07) is -1.03. The molecule has 0 spiro atoms. The molecular weight excluding hydrogens is 340 g/mol. The molecule has 23 heavy (non-hydrogen) atoms. The summed E-state index contributed by atoms with van der Waals surface area (Å²) in [6.07, 6.45) is -3.75. The van der Waals surface area contributed by atoms with E-state index in [1.54, 1.807) is 0 Å². The van der Waals surface area contributed by atoms with E-state index in [-0.39, 0.29) is 17.0 Å². The minimum absolute atomic E-state index is 0.161. The summed E-state index contributed by atoms with van der Waals surface area (Å²) in [5.74, 6) is 0.786. The highest BCUT2D eigenvalue weighted by Crippen LogP contribution is 2.29. The minimum Gasteiger partial charge on any atom is -0.389 e. The van der Waals surface area contributed by atoms with Gasteiger partial charge in [-0.25, -0.2) is 0 Å². The van der Waals surface area contributed by atoms with Crippen LogP contribution in [0.3, 0.4) is 0 Å². The lowest BCUT2D eigenvalue weighted by Crippen LogP contribution is -2.58. The molecule has 0 aliphatic rings. The van der Waals surface area contributed by atoms with E-state index in [1.165, 1.54) is 37.4 Å². The average Bonchev–Trinajstić information content (AvgIpc) is 2.48. The van der Waals surface area contributed by atoms with Gasteiger partial charge in [0.25, 0.3) is 0 Å². The van der Waals surface area contributed by atoms with E-state index in [4.69, 9.17) is 0 Å². The number of hydrogen-bond donors (Lipinski definition) is 5. The molecule has 0 aromatic rings. The zero-order valence-corrected chi connectivity index (χ0v) is 15.6. The molecule has 0 saturated carbocycles. The summed E-state index contributed by atoms with van der Waals surface area (Å²) in [5, 5.41) is 35.8. The fourth-order valence-electron chi connectivity index (χ4n) is 1.96. The molecule has 136 valence electrons. The van der Waals surface area contributed by atoms with E-state index in [2.05, 4.69) is 10.6 Å². The second-order valence-electron chi connectivity index (χ2n) is 4.99. The van der Waals surface area contributed by atoms with Crippen molar-refractivity contribution >= 4 is 35.3 Å². The van der Waals surface area contributed by atoms with Crippen LogP contribution in [-0.4, -0.2) is 74.1 Å². The smallest absolute Gasteiger partial charge is 0.217 e. The Morgan fingerprint density at radius 3 is 1.87 bits per heavy atom. The Labute approximate surface area is 146 Å². The summed E-state index contributed by atoms with van der Waals surface area (Å²) in [4.78, 5) is 22.3. The lowest BCUT2D eigenvalue weighted by Gasteiger charge is -2.34. The van der Waals surface area contributed by atoms with Gasteiger partial charge >= 0.3 is 0 Å². The second-order valence-corrected chi connectivity index (χ2v) is 8.13. The van der Waals surface area contributed by atoms with Gasteiger partial charge in [0.2, 0.25) is 11.8 Å². The van der Waals surface area contributed by atoms with Crippen molar-refractivity contribution in [2.45, 2.75) is 56.6 Å². The molecule has 0 aliphatic carbocycles. The minimum atomic E-state index is -1.40. The van der Waals surface area contributed by atoms with Crippen molar-refractivity contribution in [1.29, 1.82) is 0 Å². The molecule has 0 bridgehead atoms. The summed E-state index contributed by atoms with van der Waals surface area (Å²) >= 11 is 3.02. The molecule has 0 aliphatic heterocycles. The summed E-state index contributed by atoms with van der Waals surface area (Å²) in [7, 11) is 0. The Balaban J connectivity index is 5.07. The maximum atomic E-state index is 11.4. The van der Waals surface area contributed by atoms with E-state index in [0.29, 0.717) is 0 Å². The molecule has 4 unspecified atom stereocenters. The van der Waals surface area contributed by atoms with Crippen molar-refractivity contribution in [2.24, 2.45) is 0 Å². The molecule has 0 heterocycles. The first-order chi connectivity index (χ1) is 10.7. The highest BCUT2D eigenvalue weighted by Gasteiger charge is 2.37. The summed E-state index contributed by atoms with van der Waals surface area (Å²) in [6.45, 7) is 6.32. The van der Waals surface area contributed by atoms with Crippen molar-refractivity contribution in [1.82, 2.24) is 10.6 Å². The fourth-order valence-corrected chi connectivity index (χ4v) is 4.55. The van der Waals surface area contributed by atoms with Crippen molar-refractivity contribution in [3.63, 3.8) is 0 Å². The van der Waals surface area contributed by atoms with Crippen LogP contribution in [0.5, 0.6) is 0 Å². The quantitative estimate of drug-likeness (QED) is 0.313. The number of amides is 2. The monoisotopic (exact) mass is 368 g/mol. The lowest BCUT2D eigenvalue weighted by atomic mass is 10.0. The van der Waals surface area contributed by atoms with Gasteiger partial charge in [0.05, 0.1) is 22.8 Å². The van der Waals surface area contributed by atoms with Crippen LogP contribution < -0.4 is 10.6 Å². The molecule has 0 rings (SSSR count). The Morgan fingerprint density at radius 2 is 1.48 bits per heavy atom. The van der Waals surface area contributed by atoms with Crippen molar-refractivity contribution in [2.75, 3.05) is 18.1 Å². The molecule has 0 fully saturated rings. The van der Waals surface area contributed by atoms with Crippen molar-refractivity contribution in [3.8, 4) is 0 Å². The fraction of sp³-hybridized carbons (Fsp3) is 0.857. The Hall–Kier alpha value is -0.480. The average molecular weight is 369 g/mol. The van der Waals surface area contributed by atoms with E-state index in [1.807, 2.05) is 13.8 Å². The topological polar surface area (TPSA) is 119 Å². The van der Waals surface area contributed by atoms with Gasteiger partial charge in [-0.1, -0.05) is 13.8 Å². The molecule has 0 saturated heterocycles. The number of aliphatic hydroxyl groups is 3. The van der Waals surface area contributed by atoms with E-state index in [0.717, 1.165) is 11.5 Å². The predicted molar refractivity (Wildman–Crippen MR) is 94.4 cm³/mol. The first-order valence-electron chi connectivity index (χ1n) is 7.53. The summed E-state index contributed by atoms with van der Waals surface area (Å²) < 4.78 is -0.246. The summed E-state index contributed by atoms with van der Waals surface area (Å²) in [5.41, 5.74) is 0. The van der Waals surface area contributed by atoms with Crippen LogP contribution in [0.15, 0.2) is 0 Å². The third kappa shape index (κ3) is 8.80. The second kappa shape index (κ2) is 12.0. The molecule has 0 aromatic heterocycles. The SMILES string of the molecule is CCSC(SCC)C(O)C(NC(C)=O)C(O)C(O)CNC(C)=O. The predicted octanol–water partition coefficient (Wildman–Crippen LogP) is -0.458. The lowest BCUT2D eigenvalue weighted by molar-refractivity contribution is -0.124. The van der Waals surface area contributed by atoms with E-state index in [9.17, 15) is 24.9 Å². The number of aliphatic hydroxyl groups excluding tert-OH is 3. The number of thioether (sulfide) groups is 2. The number of nitrogens with one attached hydrogen (secondary N) is 2. The highest BCUT2D eigenvalue weighted by atomic mass is 32.2. The molecule has 2 amide bonds. The van der Waals surface area contributed by atoms with Crippen molar-refractivity contribution in [3.05, 3.63) is 0 Å². The van der Waals surface area contributed by atoms with Crippen LogP contribution in [0.2, 0.25) is 0 Å². The molecular formula is C14H28N2O5S2. The van der Waals surface area contributed by atoms with Crippen molar-refractivity contribution < 1.29 is 24.9 Å². The number of carbonyl (C=O) groups is 2. The van der Waals surface area contributed by atoms with E-state index < -0.39 is 30.3 Å². The largest absolute Gasteiger partial charge is 0.389 e. The zero-order chi connectivity index (χ0) is 18.0. The Kier molecular flexibility index (Phi) is 11.7. The van der Waals surface area contributed by atoms with Gasteiger partial charge < -0.3 is 26.0 Å². The van der Waals surface area contributed by atoms with Gasteiger partial charge in [-0.15, -0.1) is 23.5 Å². The molecule has 9 heteroatoms. The Bertz CT molecular complexity index is 367. The highest BCUT2D eigenvalue weighted by molar-refractivity contribution is 8.17. The molecule has 4 atom stereocenters. The molecule has 7 nitrogen and oxygen atoms in total. The third-order valence-corrected chi connectivity index (χ3v) is 5.70. The van der Waals surface area contributed by atoms with Gasteiger partial charge in [-0.3, -0.25) is 9.59 Å². The van der Waals surface area contributed by atoms with Gasteiger partial charge in [-0.05, 0) is 11.5 Å². The van der Waals surface area contributed by atoms with Crippen LogP contribution in [0.25, 0.3) is 0 Å². The molecule has 0 radical (unpaired) electrons. The van der Waals surface area contributed by atoms with Crippen LogP contribution in [0.1, 0.15) is 27.7 Å². The number of rotatable bonds is 11. The van der Waals surface area contributed by atoms with E-state index >= 15 is 0 Å². The Morgan fingerprint density at radius 1 is 0.957 bits per heavy atom.